The number of benzene rings is 1. The molecular formula is C18H27ClN2O3S. The molecule has 7 heteroatoms. The summed E-state index contributed by atoms with van der Waals surface area (Å²) in [5.41, 5.74) is 1.60. The first-order valence-corrected chi connectivity index (χ1v) is 11.0. The van der Waals surface area contributed by atoms with E-state index in [0.29, 0.717) is 10.7 Å². The van der Waals surface area contributed by atoms with Crippen molar-refractivity contribution in [2.24, 2.45) is 5.92 Å². The average molecular weight is 387 g/mol. The first-order valence-electron chi connectivity index (χ1n) is 8.81. The minimum Gasteiger partial charge on any atom is -0.370 e. The van der Waals surface area contributed by atoms with Gasteiger partial charge in [0, 0.05) is 24.5 Å². The SMILES string of the molecule is CC(C)CS(=O)(=O)CCC(=O)Nc1cc(Cl)ccc1N1CCCCC1. The quantitative estimate of drug-likeness (QED) is 0.775. The minimum absolute atomic E-state index is 0.0407. The molecule has 1 aliphatic heterocycles. The van der Waals surface area contributed by atoms with Crippen LogP contribution in [-0.4, -0.2) is 38.9 Å². The monoisotopic (exact) mass is 386 g/mol. The first kappa shape index (κ1) is 20.0. The zero-order valence-corrected chi connectivity index (χ0v) is 16.5. The maximum atomic E-state index is 12.3. The van der Waals surface area contributed by atoms with Gasteiger partial charge in [-0.25, -0.2) is 8.42 Å². The zero-order valence-electron chi connectivity index (χ0n) is 14.9. The van der Waals surface area contributed by atoms with Crippen LogP contribution in [0.3, 0.4) is 0 Å². The van der Waals surface area contributed by atoms with Gasteiger partial charge in [0.25, 0.3) is 0 Å². The molecule has 0 aliphatic carbocycles. The summed E-state index contributed by atoms with van der Waals surface area (Å²) in [6.45, 7) is 5.61. The van der Waals surface area contributed by atoms with Crippen molar-refractivity contribution in [1.82, 2.24) is 0 Å². The number of hydrogen-bond donors (Lipinski definition) is 1. The Bertz CT molecular complexity index is 698. The van der Waals surface area contributed by atoms with Gasteiger partial charge in [0.2, 0.25) is 5.91 Å². The highest BCUT2D eigenvalue weighted by molar-refractivity contribution is 7.91. The summed E-state index contributed by atoms with van der Waals surface area (Å²) < 4.78 is 23.9. The van der Waals surface area contributed by atoms with Crippen LogP contribution in [0.25, 0.3) is 0 Å². The van der Waals surface area contributed by atoms with Crippen LogP contribution in [-0.2, 0) is 14.6 Å². The Balaban J connectivity index is 2.03. The van der Waals surface area contributed by atoms with E-state index in [4.69, 9.17) is 11.6 Å². The molecule has 1 fully saturated rings. The van der Waals surface area contributed by atoms with E-state index >= 15 is 0 Å². The van der Waals surface area contributed by atoms with Gasteiger partial charge in [0.1, 0.15) is 0 Å². The molecule has 0 radical (unpaired) electrons. The Labute approximate surface area is 155 Å². The zero-order chi connectivity index (χ0) is 18.4. The highest BCUT2D eigenvalue weighted by Gasteiger charge is 2.18. The Morgan fingerprint density at radius 3 is 2.56 bits per heavy atom. The Morgan fingerprint density at radius 1 is 1.24 bits per heavy atom. The van der Waals surface area contributed by atoms with Crippen LogP contribution in [0, 0.1) is 5.92 Å². The molecule has 0 bridgehead atoms. The number of carbonyl (C=O) groups excluding carboxylic acids is 1. The molecule has 1 amide bonds. The van der Waals surface area contributed by atoms with E-state index in [9.17, 15) is 13.2 Å². The van der Waals surface area contributed by atoms with Crippen LogP contribution >= 0.6 is 11.6 Å². The lowest BCUT2D eigenvalue weighted by Gasteiger charge is -2.30. The second kappa shape index (κ2) is 8.90. The molecule has 1 aromatic carbocycles. The molecule has 1 aromatic rings. The van der Waals surface area contributed by atoms with Crippen LogP contribution in [0.5, 0.6) is 0 Å². The fourth-order valence-corrected chi connectivity index (χ4v) is 4.92. The summed E-state index contributed by atoms with van der Waals surface area (Å²) in [6.07, 6.45) is 3.44. The maximum Gasteiger partial charge on any atom is 0.225 e. The smallest absolute Gasteiger partial charge is 0.225 e. The van der Waals surface area contributed by atoms with Crippen molar-refractivity contribution < 1.29 is 13.2 Å². The van der Waals surface area contributed by atoms with Gasteiger partial charge in [-0.1, -0.05) is 25.4 Å². The van der Waals surface area contributed by atoms with Crippen LogP contribution in [0.1, 0.15) is 39.5 Å². The number of halogens is 1. The fraction of sp³-hybridized carbons (Fsp3) is 0.611. The number of rotatable bonds is 7. The van der Waals surface area contributed by atoms with Gasteiger partial charge in [-0.3, -0.25) is 4.79 Å². The summed E-state index contributed by atoms with van der Waals surface area (Å²) in [5, 5.41) is 3.39. The van der Waals surface area contributed by atoms with Crippen LogP contribution < -0.4 is 10.2 Å². The van der Waals surface area contributed by atoms with E-state index in [1.165, 1.54) is 6.42 Å². The largest absolute Gasteiger partial charge is 0.370 e. The molecule has 0 atom stereocenters. The van der Waals surface area contributed by atoms with E-state index in [-0.39, 0.29) is 29.8 Å². The third kappa shape index (κ3) is 6.51. The maximum absolute atomic E-state index is 12.3. The van der Waals surface area contributed by atoms with Crippen molar-refractivity contribution in [2.45, 2.75) is 39.5 Å². The van der Waals surface area contributed by atoms with Crippen molar-refractivity contribution >= 4 is 38.7 Å². The summed E-state index contributed by atoms with van der Waals surface area (Å²) in [7, 11) is -3.20. The normalized spacial score (nSPS) is 15.4. The minimum atomic E-state index is -3.20. The van der Waals surface area contributed by atoms with Gasteiger partial charge in [-0.05, 0) is 43.4 Å². The van der Waals surface area contributed by atoms with E-state index < -0.39 is 9.84 Å². The number of amides is 1. The number of nitrogens with zero attached hydrogens (tertiary/aromatic N) is 1. The summed E-state index contributed by atoms with van der Waals surface area (Å²) in [6, 6.07) is 5.46. The Hall–Kier alpha value is -1.27. The number of anilines is 2. The second-order valence-corrected chi connectivity index (χ2v) is 9.68. The highest BCUT2D eigenvalue weighted by atomic mass is 35.5. The number of piperidine rings is 1. The van der Waals surface area contributed by atoms with Crippen molar-refractivity contribution in [2.75, 3.05) is 34.8 Å². The predicted octanol–water partition coefficient (Wildman–Crippen LogP) is 3.73. The molecular weight excluding hydrogens is 360 g/mol. The van der Waals surface area contributed by atoms with Gasteiger partial charge in [0.05, 0.1) is 22.9 Å². The second-order valence-electron chi connectivity index (χ2n) is 7.02. The molecule has 0 saturated carbocycles. The topological polar surface area (TPSA) is 66.5 Å². The third-order valence-electron chi connectivity index (χ3n) is 4.16. The van der Waals surface area contributed by atoms with Gasteiger partial charge in [-0.2, -0.15) is 0 Å². The number of nitrogens with one attached hydrogen (secondary N) is 1. The van der Waals surface area contributed by atoms with Crippen molar-refractivity contribution in [1.29, 1.82) is 0 Å². The molecule has 1 heterocycles. The first-order chi connectivity index (χ1) is 11.8. The predicted molar refractivity (Wildman–Crippen MR) is 104 cm³/mol. The molecule has 2 rings (SSSR count). The molecule has 5 nitrogen and oxygen atoms in total. The number of sulfone groups is 1. The number of carbonyl (C=O) groups is 1. The lowest BCUT2D eigenvalue weighted by atomic mass is 10.1. The van der Waals surface area contributed by atoms with Crippen molar-refractivity contribution in [3.05, 3.63) is 23.2 Å². The molecule has 1 aliphatic rings. The summed E-state index contributed by atoms with van der Waals surface area (Å²) in [4.78, 5) is 14.5. The van der Waals surface area contributed by atoms with Crippen LogP contribution in [0.4, 0.5) is 11.4 Å². The van der Waals surface area contributed by atoms with Gasteiger partial charge in [-0.15, -0.1) is 0 Å². The van der Waals surface area contributed by atoms with Crippen molar-refractivity contribution in [3.8, 4) is 0 Å². The Kier molecular flexibility index (Phi) is 7.14. The molecule has 0 aromatic heterocycles. The highest BCUT2D eigenvalue weighted by Crippen LogP contribution is 2.31. The van der Waals surface area contributed by atoms with Gasteiger partial charge in [0.15, 0.2) is 9.84 Å². The standard InChI is InChI=1S/C18H27ClN2O3S/c1-14(2)13-25(23,24)11-8-18(22)20-16-12-15(19)6-7-17(16)21-9-4-3-5-10-21/h6-7,12,14H,3-5,8-11,13H2,1-2H3,(H,20,22). The van der Waals surface area contributed by atoms with Crippen LogP contribution in [0.15, 0.2) is 18.2 Å². The van der Waals surface area contributed by atoms with Gasteiger partial charge >= 0.3 is 0 Å². The molecule has 0 unspecified atom stereocenters. The molecule has 1 saturated heterocycles. The van der Waals surface area contributed by atoms with Crippen molar-refractivity contribution in [3.63, 3.8) is 0 Å². The lowest BCUT2D eigenvalue weighted by Crippen LogP contribution is -2.30. The molecule has 0 spiro atoms. The lowest BCUT2D eigenvalue weighted by molar-refractivity contribution is -0.115. The molecule has 25 heavy (non-hydrogen) atoms. The van der Waals surface area contributed by atoms with E-state index in [0.717, 1.165) is 31.6 Å². The summed E-state index contributed by atoms with van der Waals surface area (Å²) >= 11 is 6.08. The Morgan fingerprint density at radius 2 is 1.92 bits per heavy atom. The van der Waals surface area contributed by atoms with E-state index in [2.05, 4.69) is 10.2 Å². The fourth-order valence-electron chi connectivity index (χ4n) is 3.07. The van der Waals surface area contributed by atoms with E-state index in [1.54, 1.807) is 6.07 Å². The molecule has 140 valence electrons. The average Bonchev–Trinajstić information content (AvgIpc) is 2.53. The van der Waals surface area contributed by atoms with Crippen LogP contribution in [0.2, 0.25) is 5.02 Å². The number of hydrogen-bond acceptors (Lipinski definition) is 4. The summed E-state index contributed by atoms with van der Waals surface area (Å²) in [5.74, 6) is -0.257. The van der Waals surface area contributed by atoms with Gasteiger partial charge < -0.3 is 10.2 Å². The van der Waals surface area contributed by atoms with E-state index in [1.807, 2.05) is 26.0 Å². The molecule has 1 N–H and O–H groups in total. The third-order valence-corrected chi connectivity index (χ3v) is 6.39.